The van der Waals surface area contributed by atoms with Crippen molar-refractivity contribution in [3.8, 4) is 0 Å². The third-order valence-electron chi connectivity index (χ3n) is 2.74. The molecule has 0 N–H and O–H groups in total. The summed E-state index contributed by atoms with van der Waals surface area (Å²) in [5, 5.41) is 0. The summed E-state index contributed by atoms with van der Waals surface area (Å²) in [7, 11) is 1.39. The van der Waals surface area contributed by atoms with Gasteiger partial charge in [0.25, 0.3) is 0 Å². The van der Waals surface area contributed by atoms with E-state index in [0.29, 0.717) is 51.8 Å². The Morgan fingerprint density at radius 2 is 1.58 bits per heavy atom. The zero-order valence-corrected chi connectivity index (χ0v) is 12.5. The highest BCUT2D eigenvalue weighted by Gasteiger charge is 1.99. The summed E-state index contributed by atoms with van der Waals surface area (Å²) in [4.78, 5) is 10.8. The molecule has 0 aromatic rings. The number of hydrogen-bond donors (Lipinski definition) is 0. The monoisotopic (exact) mass is 276 g/mol. The highest BCUT2D eigenvalue weighted by Crippen LogP contribution is 2.00. The molecule has 0 saturated heterocycles. The van der Waals surface area contributed by atoms with Crippen molar-refractivity contribution in [1.29, 1.82) is 0 Å². The van der Waals surface area contributed by atoms with Gasteiger partial charge in [0.15, 0.2) is 0 Å². The molecule has 0 aromatic heterocycles. The number of methoxy groups -OCH3 is 1. The van der Waals surface area contributed by atoms with Gasteiger partial charge in [-0.2, -0.15) is 0 Å². The fourth-order valence-electron chi connectivity index (χ4n) is 1.26. The van der Waals surface area contributed by atoms with Crippen LogP contribution in [0.25, 0.3) is 0 Å². The molecule has 114 valence electrons. The molecule has 0 fully saturated rings. The Labute approximate surface area is 116 Å². The van der Waals surface area contributed by atoms with Crippen molar-refractivity contribution in [2.75, 3.05) is 46.8 Å². The van der Waals surface area contributed by atoms with E-state index in [1.54, 1.807) is 0 Å². The predicted molar refractivity (Wildman–Crippen MR) is 73.2 cm³/mol. The van der Waals surface area contributed by atoms with Crippen LogP contribution in [0.4, 0.5) is 0 Å². The Bertz CT molecular complexity index is 208. The number of carbonyl (C=O) groups is 1. The second-order valence-electron chi connectivity index (χ2n) is 4.49. The molecule has 0 bridgehead atoms. The van der Waals surface area contributed by atoms with Crippen LogP contribution < -0.4 is 0 Å². The van der Waals surface area contributed by atoms with Crippen LogP contribution in [-0.4, -0.2) is 52.7 Å². The van der Waals surface area contributed by atoms with Crippen molar-refractivity contribution in [1.82, 2.24) is 0 Å². The number of rotatable bonds is 13. The first-order chi connectivity index (χ1) is 9.20. The van der Waals surface area contributed by atoms with Crippen LogP contribution in [0.5, 0.6) is 0 Å². The zero-order chi connectivity index (χ0) is 14.3. The van der Waals surface area contributed by atoms with Crippen LogP contribution in [-0.2, 0) is 23.7 Å². The third-order valence-corrected chi connectivity index (χ3v) is 2.74. The van der Waals surface area contributed by atoms with E-state index >= 15 is 0 Å². The molecular formula is C14H28O5. The lowest BCUT2D eigenvalue weighted by Gasteiger charge is -2.09. The molecule has 0 aliphatic carbocycles. The second-order valence-corrected chi connectivity index (χ2v) is 4.49. The summed E-state index contributed by atoms with van der Waals surface area (Å²) in [6.45, 7) is 8.02. The molecule has 0 aliphatic heterocycles. The Kier molecular flexibility index (Phi) is 13.3. The van der Waals surface area contributed by atoms with Crippen molar-refractivity contribution >= 4 is 5.97 Å². The van der Waals surface area contributed by atoms with Crippen molar-refractivity contribution < 1.29 is 23.7 Å². The molecular weight excluding hydrogens is 248 g/mol. The Balaban J connectivity index is 3.05. The van der Waals surface area contributed by atoms with E-state index in [1.165, 1.54) is 7.11 Å². The van der Waals surface area contributed by atoms with Crippen LogP contribution in [0.2, 0.25) is 0 Å². The lowest BCUT2D eigenvalue weighted by molar-refractivity contribution is -0.141. The van der Waals surface area contributed by atoms with Crippen molar-refractivity contribution in [3.05, 3.63) is 0 Å². The fraction of sp³-hybridized carbons (Fsp3) is 0.929. The van der Waals surface area contributed by atoms with Crippen LogP contribution in [0.3, 0.4) is 0 Å². The number of carbonyl (C=O) groups excluding carboxylic acids is 1. The minimum Gasteiger partial charge on any atom is -0.469 e. The summed E-state index contributed by atoms with van der Waals surface area (Å²) >= 11 is 0. The molecule has 1 unspecified atom stereocenters. The van der Waals surface area contributed by atoms with Crippen LogP contribution in [0, 0.1) is 5.92 Å². The summed E-state index contributed by atoms with van der Waals surface area (Å²) in [5.74, 6) is 0.413. The topological polar surface area (TPSA) is 54.0 Å². The minimum absolute atomic E-state index is 0.196. The van der Waals surface area contributed by atoms with Crippen molar-refractivity contribution in [2.24, 2.45) is 5.92 Å². The van der Waals surface area contributed by atoms with E-state index in [-0.39, 0.29) is 5.97 Å². The molecule has 0 saturated carbocycles. The van der Waals surface area contributed by atoms with Crippen LogP contribution in [0.1, 0.15) is 33.1 Å². The van der Waals surface area contributed by atoms with Gasteiger partial charge in [-0.3, -0.25) is 4.79 Å². The fourth-order valence-corrected chi connectivity index (χ4v) is 1.26. The normalized spacial score (nSPS) is 12.4. The minimum atomic E-state index is -0.196. The predicted octanol–water partition coefficient (Wildman–Crippen LogP) is 2.04. The Morgan fingerprint density at radius 3 is 2.16 bits per heavy atom. The van der Waals surface area contributed by atoms with Crippen molar-refractivity contribution in [3.63, 3.8) is 0 Å². The number of esters is 1. The van der Waals surface area contributed by atoms with Crippen LogP contribution >= 0.6 is 0 Å². The van der Waals surface area contributed by atoms with E-state index < -0.39 is 0 Å². The SMILES string of the molecule is CCC(C)COCCOCCOCCCC(=O)OC. The standard InChI is InChI=1S/C14H28O5/c1-4-13(2)12-19-11-10-18-9-8-17-7-5-6-14(15)16-3/h13H,4-12H2,1-3H3. The van der Waals surface area contributed by atoms with Gasteiger partial charge in [0.05, 0.1) is 33.5 Å². The molecule has 0 heterocycles. The first-order valence-electron chi connectivity index (χ1n) is 7.00. The van der Waals surface area contributed by atoms with E-state index in [0.717, 1.165) is 13.0 Å². The smallest absolute Gasteiger partial charge is 0.305 e. The first kappa shape index (κ1) is 18.4. The molecule has 0 rings (SSSR count). The Morgan fingerprint density at radius 1 is 1.00 bits per heavy atom. The van der Waals surface area contributed by atoms with E-state index in [4.69, 9.17) is 14.2 Å². The lowest BCUT2D eigenvalue weighted by atomic mass is 10.1. The number of hydrogen-bond acceptors (Lipinski definition) is 5. The van der Waals surface area contributed by atoms with Gasteiger partial charge >= 0.3 is 5.97 Å². The molecule has 5 nitrogen and oxygen atoms in total. The van der Waals surface area contributed by atoms with E-state index in [2.05, 4.69) is 18.6 Å². The number of ether oxygens (including phenoxy) is 4. The maximum Gasteiger partial charge on any atom is 0.305 e. The molecule has 0 aromatic carbocycles. The average Bonchev–Trinajstić information content (AvgIpc) is 2.43. The largest absolute Gasteiger partial charge is 0.469 e. The summed E-state index contributed by atoms with van der Waals surface area (Å²) in [6, 6.07) is 0. The molecule has 0 aliphatic rings. The third kappa shape index (κ3) is 13.6. The molecule has 0 radical (unpaired) electrons. The molecule has 19 heavy (non-hydrogen) atoms. The van der Waals surface area contributed by atoms with Gasteiger partial charge in [-0.15, -0.1) is 0 Å². The second kappa shape index (κ2) is 13.8. The van der Waals surface area contributed by atoms with Crippen LogP contribution in [0.15, 0.2) is 0 Å². The maximum atomic E-state index is 10.8. The van der Waals surface area contributed by atoms with Gasteiger partial charge in [0.2, 0.25) is 0 Å². The van der Waals surface area contributed by atoms with Gasteiger partial charge < -0.3 is 18.9 Å². The highest BCUT2D eigenvalue weighted by atomic mass is 16.5. The lowest BCUT2D eigenvalue weighted by Crippen LogP contribution is -2.12. The van der Waals surface area contributed by atoms with Crippen molar-refractivity contribution in [2.45, 2.75) is 33.1 Å². The van der Waals surface area contributed by atoms with Gasteiger partial charge in [0.1, 0.15) is 0 Å². The van der Waals surface area contributed by atoms with Gasteiger partial charge in [0, 0.05) is 19.6 Å². The van der Waals surface area contributed by atoms with Gasteiger partial charge in [-0.1, -0.05) is 20.3 Å². The highest BCUT2D eigenvalue weighted by molar-refractivity contribution is 5.68. The molecule has 0 spiro atoms. The first-order valence-corrected chi connectivity index (χ1v) is 7.00. The zero-order valence-electron chi connectivity index (χ0n) is 12.5. The van der Waals surface area contributed by atoms with Gasteiger partial charge in [-0.05, 0) is 12.3 Å². The van der Waals surface area contributed by atoms with E-state index in [9.17, 15) is 4.79 Å². The van der Waals surface area contributed by atoms with Gasteiger partial charge in [-0.25, -0.2) is 0 Å². The summed E-state index contributed by atoms with van der Waals surface area (Å²) in [5.41, 5.74) is 0. The van der Waals surface area contributed by atoms with E-state index in [1.807, 2.05) is 0 Å². The molecule has 5 heteroatoms. The average molecular weight is 276 g/mol. The summed E-state index contributed by atoms with van der Waals surface area (Å²) in [6.07, 6.45) is 2.23. The molecule has 0 amide bonds. The quantitative estimate of drug-likeness (QED) is 0.380. The molecule has 1 atom stereocenters. The maximum absolute atomic E-state index is 10.8. The summed E-state index contributed by atoms with van der Waals surface area (Å²) < 4.78 is 20.7. The Hall–Kier alpha value is -0.650.